The van der Waals surface area contributed by atoms with Gasteiger partial charge in [0.25, 0.3) is 0 Å². The first kappa shape index (κ1) is 11.4. The maximum atomic E-state index is 8.81. The average Bonchev–Trinajstić information content (AvgIpc) is 2.58. The maximum Gasteiger partial charge on any atom is 0.145 e. The van der Waals surface area contributed by atoms with E-state index in [1.165, 1.54) is 0 Å². The molecule has 0 radical (unpaired) electrons. The third-order valence-corrected chi connectivity index (χ3v) is 3.12. The largest absolute Gasteiger partial charge is 0.396 e. The van der Waals surface area contributed by atoms with Gasteiger partial charge in [-0.05, 0) is 17.7 Å². The van der Waals surface area contributed by atoms with Gasteiger partial charge in [0.15, 0.2) is 0 Å². The van der Waals surface area contributed by atoms with Crippen molar-refractivity contribution >= 4 is 17.6 Å². The van der Waals surface area contributed by atoms with Crippen LogP contribution < -0.4 is 5.73 Å². The Bertz CT molecular complexity index is 264. The van der Waals surface area contributed by atoms with Gasteiger partial charge in [0, 0.05) is 18.6 Å². The van der Waals surface area contributed by atoms with Crippen molar-refractivity contribution in [3.63, 3.8) is 0 Å². The smallest absolute Gasteiger partial charge is 0.145 e. The molecule has 1 aromatic rings. The fourth-order valence-electron chi connectivity index (χ4n) is 0.997. The van der Waals surface area contributed by atoms with E-state index in [2.05, 4.69) is 5.10 Å². The Labute approximate surface area is 88.5 Å². The van der Waals surface area contributed by atoms with Gasteiger partial charge in [-0.15, -0.1) is 0 Å². The number of nitrogen functional groups attached to an aromatic ring is 1. The van der Waals surface area contributed by atoms with Crippen LogP contribution in [0.15, 0.2) is 12.3 Å². The van der Waals surface area contributed by atoms with Gasteiger partial charge in [-0.3, -0.25) is 4.68 Å². The molecule has 0 aromatic carbocycles. The molecule has 5 heteroatoms. The number of aliphatic hydroxyl groups excluding tert-OH is 1. The molecule has 3 N–H and O–H groups in total. The van der Waals surface area contributed by atoms with Crippen LogP contribution >= 0.6 is 11.8 Å². The van der Waals surface area contributed by atoms with E-state index in [1.54, 1.807) is 6.07 Å². The molecular weight excluding hydrogens is 198 g/mol. The first-order valence-corrected chi connectivity index (χ1v) is 5.85. The van der Waals surface area contributed by atoms with E-state index in [0.29, 0.717) is 11.7 Å². The zero-order valence-electron chi connectivity index (χ0n) is 8.39. The van der Waals surface area contributed by atoms with Crippen LogP contribution in [0.4, 0.5) is 5.82 Å². The van der Waals surface area contributed by atoms with E-state index in [-0.39, 0.29) is 6.61 Å². The van der Waals surface area contributed by atoms with Crippen LogP contribution in [0, 0.1) is 5.92 Å². The van der Waals surface area contributed by atoms with Crippen molar-refractivity contribution in [2.45, 2.75) is 13.5 Å². The molecule has 0 saturated heterocycles. The Balaban J connectivity index is 2.10. The summed E-state index contributed by atoms with van der Waals surface area (Å²) < 4.78 is 1.84. The average molecular weight is 215 g/mol. The summed E-state index contributed by atoms with van der Waals surface area (Å²) in [6, 6.07) is 1.79. The highest BCUT2D eigenvalue weighted by atomic mass is 32.2. The fraction of sp³-hybridized carbons (Fsp3) is 0.667. The van der Waals surface area contributed by atoms with Crippen molar-refractivity contribution in [1.29, 1.82) is 0 Å². The summed E-state index contributed by atoms with van der Waals surface area (Å²) in [4.78, 5) is 0. The third-order valence-electron chi connectivity index (χ3n) is 1.84. The SMILES string of the molecule is CC(CO)CSCCn1ccc(N)n1. The highest BCUT2D eigenvalue weighted by molar-refractivity contribution is 7.99. The zero-order valence-corrected chi connectivity index (χ0v) is 9.20. The number of anilines is 1. The van der Waals surface area contributed by atoms with Crippen LogP contribution in [-0.2, 0) is 6.54 Å². The standard InChI is InChI=1S/C9H17N3OS/c1-8(6-13)7-14-5-4-12-3-2-9(10)11-12/h2-3,8,13H,4-7H2,1H3,(H2,10,11). The van der Waals surface area contributed by atoms with Crippen LogP contribution in [0.3, 0.4) is 0 Å². The predicted molar refractivity (Wildman–Crippen MR) is 60.2 cm³/mol. The van der Waals surface area contributed by atoms with E-state index in [4.69, 9.17) is 10.8 Å². The first-order valence-electron chi connectivity index (χ1n) is 4.70. The quantitative estimate of drug-likeness (QED) is 0.690. The molecule has 1 unspecified atom stereocenters. The maximum absolute atomic E-state index is 8.81. The van der Waals surface area contributed by atoms with Gasteiger partial charge in [0.1, 0.15) is 5.82 Å². The van der Waals surface area contributed by atoms with Crippen LogP contribution in [0.25, 0.3) is 0 Å². The van der Waals surface area contributed by atoms with Crippen molar-refractivity contribution in [2.24, 2.45) is 5.92 Å². The number of aliphatic hydroxyl groups is 1. The molecule has 1 rings (SSSR count). The molecule has 14 heavy (non-hydrogen) atoms. The number of rotatable bonds is 6. The van der Waals surface area contributed by atoms with Crippen LogP contribution in [0.2, 0.25) is 0 Å². The Morgan fingerprint density at radius 3 is 3.07 bits per heavy atom. The second-order valence-electron chi connectivity index (χ2n) is 3.37. The normalized spacial score (nSPS) is 13.0. The number of nitrogens with zero attached hydrogens (tertiary/aromatic N) is 2. The molecule has 0 bridgehead atoms. The third kappa shape index (κ3) is 4.02. The number of hydrogen-bond donors (Lipinski definition) is 2. The minimum absolute atomic E-state index is 0.266. The lowest BCUT2D eigenvalue weighted by atomic mass is 10.2. The van der Waals surface area contributed by atoms with Crippen molar-refractivity contribution in [3.8, 4) is 0 Å². The summed E-state index contributed by atoms with van der Waals surface area (Å²) in [5.74, 6) is 2.94. The van der Waals surface area contributed by atoms with Gasteiger partial charge in [0.05, 0.1) is 6.54 Å². The summed E-state index contributed by atoms with van der Waals surface area (Å²) in [6.07, 6.45) is 1.88. The molecule has 0 aliphatic carbocycles. The highest BCUT2D eigenvalue weighted by Gasteiger charge is 2.00. The van der Waals surface area contributed by atoms with Gasteiger partial charge >= 0.3 is 0 Å². The Morgan fingerprint density at radius 2 is 2.50 bits per heavy atom. The summed E-state index contributed by atoms with van der Waals surface area (Å²) in [6.45, 7) is 3.18. The van der Waals surface area contributed by atoms with Gasteiger partial charge in [-0.1, -0.05) is 6.92 Å². The van der Waals surface area contributed by atoms with E-state index in [1.807, 2.05) is 29.6 Å². The Kier molecular flexibility index (Phi) is 4.82. The van der Waals surface area contributed by atoms with Crippen LogP contribution in [-0.4, -0.2) is 33.0 Å². The zero-order chi connectivity index (χ0) is 10.4. The minimum Gasteiger partial charge on any atom is -0.396 e. The molecule has 0 saturated carbocycles. The number of nitrogens with two attached hydrogens (primary N) is 1. The number of hydrogen-bond acceptors (Lipinski definition) is 4. The van der Waals surface area contributed by atoms with Crippen LogP contribution in [0.1, 0.15) is 6.92 Å². The molecule has 0 amide bonds. The van der Waals surface area contributed by atoms with Gasteiger partial charge in [-0.2, -0.15) is 16.9 Å². The van der Waals surface area contributed by atoms with E-state index >= 15 is 0 Å². The predicted octanol–water partition coefficient (Wildman–Crippen LogP) is 0.827. The lowest BCUT2D eigenvalue weighted by Crippen LogP contribution is -2.07. The number of aryl methyl sites for hydroxylation is 1. The molecule has 0 fully saturated rings. The molecule has 0 spiro atoms. The summed E-state index contributed by atoms with van der Waals surface area (Å²) >= 11 is 1.83. The lowest BCUT2D eigenvalue weighted by molar-refractivity contribution is 0.250. The van der Waals surface area contributed by atoms with Crippen molar-refractivity contribution in [1.82, 2.24) is 9.78 Å². The second-order valence-corrected chi connectivity index (χ2v) is 4.52. The lowest BCUT2D eigenvalue weighted by Gasteiger charge is -2.06. The summed E-state index contributed by atoms with van der Waals surface area (Å²) in [7, 11) is 0. The Morgan fingerprint density at radius 1 is 1.71 bits per heavy atom. The van der Waals surface area contributed by atoms with Crippen molar-refractivity contribution in [3.05, 3.63) is 12.3 Å². The molecule has 80 valence electrons. The van der Waals surface area contributed by atoms with Crippen molar-refractivity contribution < 1.29 is 5.11 Å². The van der Waals surface area contributed by atoms with Gasteiger partial charge < -0.3 is 10.8 Å². The van der Waals surface area contributed by atoms with Crippen molar-refractivity contribution in [2.75, 3.05) is 23.8 Å². The molecule has 4 nitrogen and oxygen atoms in total. The van der Waals surface area contributed by atoms with E-state index in [0.717, 1.165) is 18.1 Å². The molecule has 1 aromatic heterocycles. The number of thioether (sulfide) groups is 1. The molecule has 0 aliphatic rings. The van der Waals surface area contributed by atoms with Gasteiger partial charge in [0.2, 0.25) is 0 Å². The van der Waals surface area contributed by atoms with E-state index < -0.39 is 0 Å². The molecule has 0 aliphatic heterocycles. The second kappa shape index (κ2) is 5.93. The fourth-order valence-corrected chi connectivity index (χ4v) is 1.99. The Hall–Kier alpha value is -0.680. The highest BCUT2D eigenvalue weighted by Crippen LogP contribution is 2.08. The van der Waals surface area contributed by atoms with Gasteiger partial charge in [-0.25, -0.2) is 0 Å². The van der Waals surface area contributed by atoms with E-state index in [9.17, 15) is 0 Å². The monoisotopic (exact) mass is 215 g/mol. The first-order chi connectivity index (χ1) is 6.72. The minimum atomic E-state index is 0.266. The molecule has 1 atom stereocenters. The topological polar surface area (TPSA) is 64.1 Å². The molecular formula is C9H17N3OS. The van der Waals surface area contributed by atoms with Crippen LogP contribution in [0.5, 0.6) is 0 Å². The number of aromatic nitrogens is 2. The summed E-state index contributed by atoms with van der Waals surface area (Å²) in [5.41, 5.74) is 5.48. The molecule has 1 heterocycles. The summed E-state index contributed by atoms with van der Waals surface area (Å²) in [5, 5.41) is 12.9.